The summed E-state index contributed by atoms with van der Waals surface area (Å²) in [5, 5.41) is 0. The van der Waals surface area contributed by atoms with Crippen LogP contribution in [0.15, 0.2) is 36.7 Å². The number of hydrogen-bond donors (Lipinski definition) is 1. The molecule has 0 bridgehead atoms. The van der Waals surface area contributed by atoms with Gasteiger partial charge < -0.3 is 10.3 Å². The third-order valence-corrected chi connectivity index (χ3v) is 3.05. The second-order valence-corrected chi connectivity index (χ2v) is 4.83. The van der Waals surface area contributed by atoms with Crippen LogP contribution < -0.4 is 5.73 Å². The zero-order chi connectivity index (χ0) is 14.4. The maximum absolute atomic E-state index is 5.39. The Bertz CT molecular complexity index is 619. The highest BCUT2D eigenvalue weighted by Gasteiger charge is 2.05. The minimum absolute atomic E-state index is 0.392. The average molecular weight is 268 g/mol. The number of rotatable bonds is 4. The first-order valence-corrected chi connectivity index (χ1v) is 6.61. The van der Waals surface area contributed by atoms with E-state index < -0.39 is 0 Å². The number of nitrogens with zero attached hydrogens (tertiary/aromatic N) is 3. The molecule has 0 atom stereocenters. The zero-order valence-corrected chi connectivity index (χ0v) is 12.0. The molecular weight excluding hydrogens is 248 g/mol. The summed E-state index contributed by atoms with van der Waals surface area (Å²) >= 11 is 0. The topological polar surface area (TPSA) is 47.1 Å². The van der Waals surface area contributed by atoms with Crippen LogP contribution in [0.25, 0.3) is 0 Å². The van der Waals surface area contributed by atoms with E-state index in [1.807, 2.05) is 36.1 Å². The van der Waals surface area contributed by atoms with Crippen LogP contribution in [-0.2, 0) is 20.1 Å². The first-order valence-electron chi connectivity index (χ1n) is 6.61. The van der Waals surface area contributed by atoms with Crippen LogP contribution in [0.5, 0.6) is 0 Å². The van der Waals surface area contributed by atoms with Crippen molar-refractivity contribution in [2.24, 2.45) is 12.8 Å². The summed E-state index contributed by atoms with van der Waals surface area (Å²) in [6.07, 6.45) is 3.79. The summed E-state index contributed by atoms with van der Waals surface area (Å²) in [4.78, 5) is 6.57. The fourth-order valence-corrected chi connectivity index (χ4v) is 2.06. The maximum atomic E-state index is 5.39. The lowest BCUT2D eigenvalue weighted by molar-refractivity contribution is 0.307. The van der Waals surface area contributed by atoms with Crippen molar-refractivity contribution in [2.45, 2.75) is 13.1 Å². The van der Waals surface area contributed by atoms with E-state index in [9.17, 15) is 0 Å². The molecular formula is C16H20N4. The second-order valence-electron chi connectivity index (χ2n) is 4.83. The molecule has 1 aromatic carbocycles. The van der Waals surface area contributed by atoms with Gasteiger partial charge in [0.2, 0.25) is 0 Å². The van der Waals surface area contributed by atoms with E-state index in [4.69, 9.17) is 5.73 Å². The fourth-order valence-electron chi connectivity index (χ4n) is 2.06. The number of benzene rings is 1. The van der Waals surface area contributed by atoms with Crippen LogP contribution >= 0.6 is 0 Å². The van der Waals surface area contributed by atoms with Crippen molar-refractivity contribution in [3.8, 4) is 11.8 Å². The maximum Gasteiger partial charge on any atom is 0.122 e. The Morgan fingerprint density at radius 3 is 2.90 bits per heavy atom. The molecule has 0 spiro atoms. The van der Waals surface area contributed by atoms with E-state index in [1.54, 1.807) is 0 Å². The zero-order valence-electron chi connectivity index (χ0n) is 12.0. The highest BCUT2D eigenvalue weighted by Crippen LogP contribution is 2.09. The third-order valence-electron chi connectivity index (χ3n) is 3.05. The number of aromatic nitrogens is 2. The molecule has 4 nitrogen and oxygen atoms in total. The smallest absolute Gasteiger partial charge is 0.122 e. The predicted octanol–water partition coefficient (Wildman–Crippen LogP) is 1.36. The number of aryl methyl sites for hydroxylation is 1. The van der Waals surface area contributed by atoms with Gasteiger partial charge in [-0.15, -0.1) is 0 Å². The Balaban J connectivity index is 2.00. The lowest BCUT2D eigenvalue weighted by Crippen LogP contribution is -2.19. The minimum atomic E-state index is 0.392. The Hall–Kier alpha value is -2.09. The highest BCUT2D eigenvalue weighted by atomic mass is 15.1. The summed E-state index contributed by atoms with van der Waals surface area (Å²) in [6.45, 7) is 2.08. The molecule has 1 heterocycles. The molecule has 0 aliphatic rings. The molecule has 2 rings (SSSR count). The molecule has 2 N–H and O–H groups in total. The summed E-state index contributed by atoms with van der Waals surface area (Å²) in [5.41, 5.74) is 7.65. The monoisotopic (exact) mass is 268 g/mol. The molecule has 0 aliphatic heterocycles. The normalized spacial score (nSPS) is 10.4. The minimum Gasteiger partial charge on any atom is -0.337 e. The van der Waals surface area contributed by atoms with Gasteiger partial charge in [0.15, 0.2) is 0 Å². The molecule has 0 saturated heterocycles. The van der Waals surface area contributed by atoms with Crippen LogP contribution in [-0.4, -0.2) is 28.0 Å². The largest absolute Gasteiger partial charge is 0.337 e. The quantitative estimate of drug-likeness (QED) is 0.852. The van der Waals surface area contributed by atoms with Crippen molar-refractivity contribution in [1.29, 1.82) is 0 Å². The molecule has 0 saturated carbocycles. The Morgan fingerprint density at radius 2 is 2.20 bits per heavy atom. The van der Waals surface area contributed by atoms with E-state index in [0.29, 0.717) is 6.54 Å². The van der Waals surface area contributed by atoms with Gasteiger partial charge in [-0.3, -0.25) is 4.90 Å². The highest BCUT2D eigenvalue weighted by molar-refractivity contribution is 5.37. The molecule has 1 aromatic heterocycles. The van der Waals surface area contributed by atoms with E-state index in [0.717, 1.165) is 24.5 Å². The summed E-state index contributed by atoms with van der Waals surface area (Å²) in [7, 11) is 4.10. The van der Waals surface area contributed by atoms with E-state index >= 15 is 0 Å². The Morgan fingerprint density at radius 1 is 1.35 bits per heavy atom. The van der Waals surface area contributed by atoms with Gasteiger partial charge in [0.05, 0.1) is 13.1 Å². The van der Waals surface area contributed by atoms with Crippen LogP contribution in [0.2, 0.25) is 0 Å². The van der Waals surface area contributed by atoms with E-state index in [-0.39, 0.29) is 0 Å². The lowest BCUT2D eigenvalue weighted by Gasteiger charge is -2.16. The molecule has 0 aliphatic carbocycles. The Labute approximate surface area is 120 Å². The van der Waals surface area contributed by atoms with Crippen molar-refractivity contribution >= 4 is 0 Å². The van der Waals surface area contributed by atoms with Gasteiger partial charge in [0.25, 0.3) is 0 Å². The molecule has 0 unspecified atom stereocenters. The molecule has 0 fully saturated rings. The standard InChI is InChI=1S/C16H20N4/c1-19(13-16-18-9-10-20(16)2)12-15-6-3-5-14(11-15)7-4-8-17/h3,5-6,9-11H,8,12-13,17H2,1-2H3. The Kier molecular flexibility index (Phi) is 4.94. The SMILES string of the molecule is CN(Cc1cccc(C#CCN)c1)Cc1nccn1C. The van der Waals surface area contributed by atoms with Gasteiger partial charge in [-0.25, -0.2) is 4.98 Å². The van der Waals surface area contributed by atoms with Crippen molar-refractivity contribution in [3.63, 3.8) is 0 Å². The van der Waals surface area contributed by atoms with Crippen molar-refractivity contribution < 1.29 is 0 Å². The van der Waals surface area contributed by atoms with Gasteiger partial charge in [-0.05, 0) is 24.7 Å². The molecule has 104 valence electrons. The van der Waals surface area contributed by atoms with Crippen molar-refractivity contribution in [1.82, 2.24) is 14.5 Å². The summed E-state index contributed by atoms with van der Waals surface area (Å²) in [5.74, 6) is 7.00. The summed E-state index contributed by atoms with van der Waals surface area (Å²) < 4.78 is 2.04. The van der Waals surface area contributed by atoms with Gasteiger partial charge >= 0.3 is 0 Å². The van der Waals surface area contributed by atoms with Crippen molar-refractivity contribution in [3.05, 3.63) is 53.6 Å². The number of nitrogens with two attached hydrogens (primary N) is 1. The van der Waals surface area contributed by atoms with E-state index in [2.05, 4.69) is 40.9 Å². The van der Waals surface area contributed by atoms with Gasteiger partial charge in [0.1, 0.15) is 5.82 Å². The van der Waals surface area contributed by atoms with Gasteiger partial charge in [-0.1, -0.05) is 24.0 Å². The van der Waals surface area contributed by atoms with Crippen molar-refractivity contribution in [2.75, 3.05) is 13.6 Å². The fraction of sp³-hybridized carbons (Fsp3) is 0.312. The molecule has 0 radical (unpaired) electrons. The molecule has 2 aromatic rings. The molecule has 4 heteroatoms. The summed E-state index contributed by atoms with van der Waals surface area (Å²) in [6, 6.07) is 8.26. The number of imidazole rings is 1. The van der Waals surface area contributed by atoms with E-state index in [1.165, 1.54) is 5.56 Å². The molecule has 0 amide bonds. The first-order chi connectivity index (χ1) is 9.69. The van der Waals surface area contributed by atoms with Crippen LogP contribution in [0.4, 0.5) is 0 Å². The second kappa shape index (κ2) is 6.90. The lowest BCUT2D eigenvalue weighted by atomic mass is 10.1. The van der Waals surface area contributed by atoms with Gasteiger partial charge in [0, 0.05) is 31.5 Å². The third kappa shape index (κ3) is 3.95. The number of hydrogen-bond acceptors (Lipinski definition) is 3. The van der Waals surface area contributed by atoms with Crippen LogP contribution in [0.1, 0.15) is 17.0 Å². The average Bonchev–Trinajstić information content (AvgIpc) is 2.82. The van der Waals surface area contributed by atoms with Crippen LogP contribution in [0, 0.1) is 11.8 Å². The van der Waals surface area contributed by atoms with Crippen LogP contribution in [0.3, 0.4) is 0 Å². The van der Waals surface area contributed by atoms with Gasteiger partial charge in [-0.2, -0.15) is 0 Å². The first kappa shape index (κ1) is 14.3. The predicted molar refractivity (Wildman–Crippen MR) is 80.8 cm³/mol. The molecule has 20 heavy (non-hydrogen) atoms.